The first-order valence-corrected chi connectivity index (χ1v) is 16.7. The number of carbonyl (C=O) groups is 2. The van der Waals surface area contributed by atoms with Crippen LogP contribution in [0.15, 0.2) is 12.2 Å². The zero-order chi connectivity index (χ0) is 27.9. The number of carboxylic acid groups (broad SMARTS) is 1. The van der Waals surface area contributed by atoms with Crippen molar-refractivity contribution in [2.24, 2.45) is 0 Å². The minimum atomic E-state index is -0.686. The largest absolute Gasteiger partial charge is 0.481 e. The molecule has 38 heavy (non-hydrogen) atoms. The molecular formula is C34H64O4. The average molecular weight is 537 g/mol. The molecule has 4 nitrogen and oxygen atoms in total. The second-order valence-electron chi connectivity index (χ2n) is 11.3. The van der Waals surface area contributed by atoms with Crippen LogP contribution in [0.25, 0.3) is 0 Å². The maximum absolute atomic E-state index is 12.2. The van der Waals surface area contributed by atoms with E-state index in [9.17, 15) is 9.59 Å². The highest BCUT2D eigenvalue weighted by Crippen LogP contribution is 2.16. The van der Waals surface area contributed by atoms with Crippen molar-refractivity contribution < 1.29 is 19.4 Å². The van der Waals surface area contributed by atoms with Gasteiger partial charge in [0.2, 0.25) is 0 Å². The Morgan fingerprint density at radius 2 is 1.00 bits per heavy atom. The van der Waals surface area contributed by atoms with Gasteiger partial charge in [0, 0.05) is 12.8 Å². The smallest absolute Gasteiger partial charge is 0.306 e. The monoisotopic (exact) mass is 536 g/mol. The van der Waals surface area contributed by atoms with E-state index in [0.717, 1.165) is 51.4 Å². The summed E-state index contributed by atoms with van der Waals surface area (Å²) < 4.78 is 5.73. The molecule has 1 N–H and O–H groups in total. The van der Waals surface area contributed by atoms with Crippen molar-refractivity contribution in [3.8, 4) is 0 Å². The molecule has 4 heteroatoms. The SMILES string of the molecule is CCCCCCCC/C=C\CCCCCCCCCC(=O)OC(CC)CCCCCCCCCCC(=O)O. The highest BCUT2D eigenvalue weighted by atomic mass is 16.5. The summed E-state index contributed by atoms with van der Waals surface area (Å²) in [4.78, 5) is 22.7. The molecule has 1 atom stereocenters. The summed E-state index contributed by atoms with van der Waals surface area (Å²) in [6, 6.07) is 0. The van der Waals surface area contributed by atoms with Crippen LogP contribution in [0, 0.1) is 0 Å². The molecule has 0 aromatic rings. The summed E-state index contributed by atoms with van der Waals surface area (Å²) in [5.74, 6) is -0.694. The molecule has 0 aliphatic carbocycles. The molecule has 224 valence electrons. The number of ether oxygens (including phenoxy) is 1. The lowest BCUT2D eigenvalue weighted by molar-refractivity contribution is -0.149. The fourth-order valence-electron chi connectivity index (χ4n) is 4.99. The van der Waals surface area contributed by atoms with Gasteiger partial charge in [0.15, 0.2) is 0 Å². The zero-order valence-electron chi connectivity index (χ0n) is 25.5. The Hall–Kier alpha value is -1.32. The number of carboxylic acids is 1. The first-order valence-electron chi connectivity index (χ1n) is 16.7. The van der Waals surface area contributed by atoms with Crippen molar-refractivity contribution in [1.29, 1.82) is 0 Å². The Morgan fingerprint density at radius 1 is 0.579 bits per heavy atom. The lowest BCUT2D eigenvalue weighted by Gasteiger charge is -2.16. The molecule has 0 aromatic heterocycles. The maximum atomic E-state index is 12.2. The third kappa shape index (κ3) is 29.2. The van der Waals surface area contributed by atoms with Gasteiger partial charge in [0.1, 0.15) is 6.10 Å². The van der Waals surface area contributed by atoms with Gasteiger partial charge < -0.3 is 9.84 Å². The van der Waals surface area contributed by atoms with Gasteiger partial charge in [0.05, 0.1) is 0 Å². The van der Waals surface area contributed by atoms with E-state index in [-0.39, 0.29) is 12.1 Å². The van der Waals surface area contributed by atoms with Crippen molar-refractivity contribution in [1.82, 2.24) is 0 Å². The van der Waals surface area contributed by atoms with Gasteiger partial charge >= 0.3 is 11.9 Å². The summed E-state index contributed by atoms with van der Waals surface area (Å²) in [5.41, 5.74) is 0. The molecule has 0 heterocycles. The Labute approximate surface area is 236 Å². The van der Waals surface area contributed by atoms with E-state index in [1.54, 1.807) is 0 Å². The molecule has 0 rings (SSSR count). The number of aliphatic carboxylic acids is 1. The molecule has 0 spiro atoms. The topological polar surface area (TPSA) is 63.6 Å². The highest BCUT2D eigenvalue weighted by Gasteiger charge is 2.12. The van der Waals surface area contributed by atoms with E-state index in [1.165, 1.54) is 109 Å². The van der Waals surface area contributed by atoms with E-state index < -0.39 is 5.97 Å². The second kappa shape index (κ2) is 30.2. The third-order valence-electron chi connectivity index (χ3n) is 7.56. The average Bonchev–Trinajstić information content (AvgIpc) is 2.90. The van der Waals surface area contributed by atoms with Crippen LogP contribution in [0.1, 0.15) is 187 Å². The van der Waals surface area contributed by atoms with E-state index in [1.807, 2.05) is 0 Å². The first-order chi connectivity index (χ1) is 18.6. The van der Waals surface area contributed by atoms with Gasteiger partial charge in [-0.25, -0.2) is 0 Å². The maximum Gasteiger partial charge on any atom is 0.306 e. The molecule has 0 fully saturated rings. The van der Waals surface area contributed by atoms with Crippen molar-refractivity contribution in [3.63, 3.8) is 0 Å². The van der Waals surface area contributed by atoms with Crippen molar-refractivity contribution >= 4 is 11.9 Å². The summed E-state index contributed by atoms with van der Waals surface area (Å²) in [5, 5.41) is 8.64. The first kappa shape index (κ1) is 36.7. The quantitative estimate of drug-likeness (QED) is 0.0563. The van der Waals surface area contributed by atoms with Crippen molar-refractivity contribution in [2.75, 3.05) is 0 Å². The Morgan fingerprint density at radius 3 is 1.47 bits per heavy atom. The minimum absolute atomic E-state index is 0.00837. The van der Waals surface area contributed by atoms with Crippen molar-refractivity contribution in [3.05, 3.63) is 12.2 Å². The number of allylic oxidation sites excluding steroid dienone is 2. The molecule has 0 aromatic carbocycles. The van der Waals surface area contributed by atoms with Crippen LogP contribution in [-0.4, -0.2) is 23.1 Å². The van der Waals surface area contributed by atoms with Crippen LogP contribution in [-0.2, 0) is 14.3 Å². The third-order valence-corrected chi connectivity index (χ3v) is 7.56. The van der Waals surface area contributed by atoms with Gasteiger partial charge in [-0.05, 0) is 57.8 Å². The lowest BCUT2D eigenvalue weighted by atomic mass is 10.0. The number of esters is 1. The van der Waals surface area contributed by atoms with Crippen LogP contribution in [0.4, 0.5) is 0 Å². The van der Waals surface area contributed by atoms with E-state index in [0.29, 0.717) is 12.8 Å². The van der Waals surface area contributed by atoms with Crippen molar-refractivity contribution in [2.45, 2.75) is 193 Å². The minimum Gasteiger partial charge on any atom is -0.481 e. The molecule has 0 amide bonds. The molecule has 0 bridgehead atoms. The number of hydrogen-bond donors (Lipinski definition) is 1. The molecule has 0 aliphatic heterocycles. The number of hydrogen-bond acceptors (Lipinski definition) is 3. The fourth-order valence-corrected chi connectivity index (χ4v) is 4.99. The van der Waals surface area contributed by atoms with Gasteiger partial charge in [0.25, 0.3) is 0 Å². The van der Waals surface area contributed by atoms with Crippen LogP contribution >= 0.6 is 0 Å². The van der Waals surface area contributed by atoms with Crippen LogP contribution in [0.5, 0.6) is 0 Å². The number of carbonyl (C=O) groups excluding carboxylic acids is 1. The summed E-state index contributed by atoms with van der Waals surface area (Å²) in [7, 11) is 0. The fraction of sp³-hybridized carbons (Fsp3) is 0.882. The summed E-state index contributed by atoms with van der Waals surface area (Å²) >= 11 is 0. The van der Waals surface area contributed by atoms with E-state index >= 15 is 0 Å². The van der Waals surface area contributed by atoms with Gasteiger partial charge in [-0.2, -0.15) is 0 Å². The normalized spacial score (nSPS) is 12.3. The molecule has 1 unspecified atom stereocenters. The molecule has 0 saturated carbocycles. The Balaban J connectivity index is 3.44. The van der Waals surface area contributed by atoms with Crippen LogP contribution in [0.2, 0.25) is 0 Å². The number of unbranched alkanes of at least 4 members (excludes halogenated alkanes) is 20. The molecular weight excluding hydrogens is 472 g/mol. The standard InChI is InChI=1S/C34H64O4/c1-3-5-6-7-8-9-10-11-12-13-14-15-16-17-22-25-28-31-34(37)38-32(4-2)29-26-23-20-18-19-21-24-27-30-33(35)36/h11-12,32H,3-10,13-31H2,1-2H3,(H,35,36)/b12-11-. The second-order valence-corrected chi connectivity index (χ2v) is 11.3. The van der Waals surface area contributed by atoms with Gasteiger partial charge in [-0.1, -0.05) is 129 Å². The molecule has 0 aliphatic rings. The summed E-state index contributed by atoms with van der Waals surface area (Å²) in [6.07, 6.45) is 35.9. The van der Waals surface area contributed by atoms with E-state index in [4.69, 9.17) is 9.84 Å². The highest BCUT2D eigenvalue weighted by molar-refractivity contribution is 5.69. The predicted molar refractivity (Wildman–Crippen MR) is 163 cm³/mol. The Bertz CT molecular complexity index is 543. The van der Waals surface area contributed by atoms with Gasteiger partial charge in [-0.15, -0.1) is 0 Å². The summed E-state index contributed by atoms with van der Waals surface area (Å²) in [6.45, 7) is 4.39. The van der Waals surface area contributed by atoms with Gasteiger partial charge in [-0.3, -0.25) is 9.59 Å². The van der Waals surface area contributed by atoms with Crippen LogP contribution in [0.3, 0.4) is 0 Å². The molecule has 0 saturated heterocycles. The zero-order valence-corrected chi connectivity index (χ0v) is 25.5. The number of rotatable bonds is 30. The van der Waals surface area contributed by atoms with Crippen LogP contribution < -0.4 is 0 Å². The molecule has 0 radical (unpaired) electrons. The predicted octanol–water partition coefficient (Wildman–Crippen LogP) is 11.1. The van der Waals surface area contributed by atoms with E-state index in [2.05, 4.69) is 26.0 Å². The Kier molecular flexibility index (Phi) is 29.2. The lowest BCUT2D eigenvalue weighted by Crippen LogP contribution is -2.17.